The molecule has 0 saturated carbocycles. The van der Waals surface area contributed by atoms with Gasteiger partial charge in [-0.05, 0) is 29.8 Å². The van der Waals surface area contributed by atoms with Crippen LogP contribution in [0.4, 0.5) is 5.69 Å². The van der Waals surface area contributed by atoms with Crippen molar-refractivity contribution in [2.45, 2.75) is 11.7 Å². The van der Waals surface area contributed by atoms with Crippen molar-refractivity contribution in [1.29, 1.82) is 0 Å². The van der Waals surface area contributed by atoms with E-state index in [2.05, 4.69) is 9.88 Å². The number of anilines is 1. The average molecular weight is 429 g/mol. The second-order valence-electron chi connectivity index (χ2n) is 7.40. The number of ether oxygens (including phenoxy) is 1. The second kappa shape index (κ2) is 8.08. The van der Waals surface area contributed by atoms with Gasteiger partial charge in [0, 0.05) is 44.8 Å². The van der Waals surface area contributed by atoms with Crippen molar-refractivity contribution in [3.8, 4) is 0 Å². The molecule has 2 aromatic heterocycles. The van der Waals surface area contributed by atoms with Gasteiger partial charge in [-0.2, -0.15) is 0 Å². The van der Waals surface area contributed by atoms with Gasteiger partial charge in [0.2, 0.25) is 15.0 Å². The Labute approximate surface area is 175 Å². The lowest BCUT2D eigenvalue weighted by Gasteiger charge is -2.29. The molecule has 1 aliphatic rings. The van der Waals surface area contributed by atoms with Crippen LogP contribution in [0.3, 0.4) is 0 Å². The maximum Gasteiger partial charge on any atom is 0.274 e. The molecule has 0 spiro atoms. The largest absolute Gasteiger partial charge is 0.378 e. The van der Waals surface area contributed by atoms with Gasteiger partial charge in [0.1, 0.15) is 0 Å². The van der Waals surface area contributed by atoms with Crippen molar-refractivity contribution in [2.75, 3.05) is 44.5 Å². The zero-order valence-corrected chi connectivity index (χ0v) is 17.8. The van der Waals surface area contributed by atoms with Gasteiger partial charge in [0.25, 0.3) is 5.91 Å². The summed E-state index contributed by atoms with van der Waals surface area (Å²) < 4.78 is 31.0. The van der Waals surface area contributed by atoms with E-state index in [1.807, 2.05) is 24.3 Å². The molecule has 0 radical (unpaired) electrons. The zero-order valence-electron chi connectivity index (χ0n) is 17.0. The number of carbonyl (C=O) groups excluding carboxylic acids is 1. The van der Waals surface area contributed by atoms with Gasteiger partial charge < -0.3 is 14.5 Å². The number of nitrogens with zero attached hydrogens (tertiary/aromatic N) is 4. The molecule has 158 valence electrons. The Morgan fingerprint density at radius 1 is 1.13 bits per heavy atom. The minimum absolute atomic E-state index is 0.128. The molecule has 8 nitrogen and oxygen atoms in total. The maximum absolute atomic E-state index is 13.1. The van der Waals surface area contributed by atoms with Crippen LogP contribution < -0.4 is 4.90 Å². The molecule has 9 heteroatoms. The highest BCUT2D eigenvalue weighted by molar-refractivity contribution is 7.90. The summed E-state index contributed by atoms with van der Waals surface area (Å²) in [6.07, 6.45) is 2.68. The molecule has 1 fully saturated rings. The SMILES string of the molecule is CN(Cc1ccc(N2CCOCC2)cc1)C(=O)c1nc(S(C)(=O)=O)n2ccccc12. The van der Waals surface area contributed by atoms with E-state index in [1.54, 1.807) is 36.3 Å². The number of hydrogen-bond donors (Lipinski definition) is 0. The summed E-state index contributed by atoms with van der Waals surface area (Å²) in [5.41, 5.74) is 2.71. The van der Waals surface area contributed by atoms with Gasteiger partial charge in [-0.3, -0.25) is 9.20 Å². The van der Waals surface area contributed by atoms with Crippen molar-refractivity contribution in [3.05, 3.63) is 59.9 Å². The molecule has 0 aliphatic carbocycles. The first kappa shape index (κ1) is 20.4. The first-order valence-corrected chi connectivity index (χ1v) is 11.6. The van der Waals surface area contributed by atoms with Crippen LogP contribution in [0.15, 0.2) is 53.8 Å². The third-order valence-corrected chi connectivity index (χ3v) is 6.08. The fourth-order valence-corrected chi connectivity index (χ4v) is 4.36. The molecule has 1 aliphatic heterocycles. The summed E-state index contributed by atoms with van der Waals surface area (Å²) in [7, 11) is -1.89. The Balaban J connectivity index is 1.54. The molecule has 0 N–H and O–H groups in total. The number of rotatable bonds is 5. The number of imidazole rings is 1. The highest BCUT2D eigenvalue weighted by Crippen LogP contribution is 2.20. The van der Waals surface area contributed by atoms with E-state index >= 15 is 0 Å². The lowest BCUT2D eigenvalue weighted by Crippen LogP contribution is -2.36. The van der Waals surface area contributed by atoms with Crippen molar-refractivity contribution in [2.24, 2.45) is 0 Å². The molecule has 4 rings (SSSR count). The summed E-state index contributed by atoms with van der Waals surface area (Å²) in [6, 6.07) is 13.3. The van der Waals surface area contributed by atoms with E-state index in [0.29, 0.717) is 12.1 Å². The van der Waals surface area contributed by atoms with Crippen LogP contribution in [0.5, 0.6) is 0 Å². The molecule has 30 heavy (non-hydrogen) atoms. The van der Waals surface area contributed by atoms with Gasteiger partial charge in [-0.15, -0.1) is 0 Å². The monoisotopic (exact) mass is 428 g/mol. The van der Waals surface area contributed by atoms with Crippen LogP contribution >= 0.6 is 0 Å². The number of amides is 1. The number of hydrogen-bond acceptors (Lipinski definition) is 6. The summed E-state index contributed by atoms with van der Waals surface area (Å²) in [6.45, 7) is 3.59. The molecule has 1 amide bonds. The number of sulfone groups is 1. The molecular weight excluding hydrogens is 404 g/mol. The second-order valence-corrected chi connectivity index (χ2v) is 9.31. The maximum atomic E-state index is 13.1. The lowest BCUT2D eigenvalue weighted by molar-refractivity contribution is 0.0781. The van der Waals surface area contributed by atoms with E-state index < -0.39 is 9.84 Å². The molecule has 0 atom stereocenters. The van der Waals surface area contributed by atoms with Crippen LogP contribution in [0.2, 0.25) is 0 Å². The Bertz CT molecular complexity index is 1170. The number of carbonyl (C=O) groups is 1. The molecule has 3 aromatic rings. The summed E-state index contributed by atoms with van der Waals surface area (Å²) in [5.74, 6) is -0.328. The average Bonchev–Trinajstić information content (AvgIpc) is 3.14. The molecule has 0 bridgehead atoms. The lowest BCUT2D eigenvalue weighted by atomic mass is 10.1. The van der Waals surface area contributed by atoms with E-state index in [1.165, 1.54) is 4.40 Å². The minimum Gasteiger partial charge on any atom is -0.378 e. The Morgan fingerprint density at radius 2 is 1.83 bits per heavy atom. The molecule has 0 unspecified atom stereocenters. The van der Waals surface area contributed by atoms with Crippen LogP contribution in [0.25, 0.3) is 5.52 Å². The van der Waals surface area contributed by atoms with Crippen LogP contribution in [0.1, 0.15) is 16.1 Å². The van der Waals surface area contributed by atoms with E-state index in [4.69, 9.17) is 4.74 Å². The van der Waals surface area contributed by atoms with E-state index in [9.17, 15) is 13.2 Å². The van der Waals surface area contributed by atoms with Gasteiger partial charge in [0.15, 0.2) is 5.69 Å². The topological polar surface area (TPSA) is 84.2 Å². The number of pyridine rings is 1. The van der Waals surface area contributed by atoms with Crippen molar-refractivity contribution in [3.63, 3.8) is 0 Å². The van der Waals surface area contributed by atoms with Crippen LogP contribution in [-0.4, -0.2) is 68.2 Å². The molecule has 1 saturated heterocycles. The van der Waals surface area contributed by atoms with Gasteiger partial charge >= 0.3 is 0 Å². The quantitative estimate of drug-likeness (QED) is 0.617. The highest BCUT2D eigenvalue weighted by Gasteiger charge is 2.24. The van der Waals surface area contributed by atoms with E-state index in [0.717, 1.165) is 43.8 Å². The number of morpholine rings is 1. The fraction of sp³-hybridized carbons (Fsp3) is 0.333. The summed E-state index contributed by atoms with van der Waals surface area (Å²) in [5, 5.41) is -0.135. The Hall–Kier alpha value is -2.91. The summed E-state index contributed by atoms with van der Waals surface area (Å²) in [4.78, 5) is 21.0. The Morgan fingerprint density at radius 3 is 2.50 bits per heavy atom. The van der Waals surface area contributed by atoms with Gasteiger partial charge in [-0.1, -0.05) is 18.2 Å². The summed E-state index contributed by atoms with van der Waals surface area (Å²) >= 11 is 0. The van der Waals surface area contributed by atoms with Crippen molar-refractivity contribution >= 4 is 26.9 Å². The van der Waals surface area contributed by atoms with Crippen molar-refractivity contribution < 1.29 is 17.9 Å². The minimum atomic E-state index is -3.57. The third kappa shape index (κ3) is 4.03. The molecule has 1 aromatic carbocycles. The van der Waals surface area contributed by atoms with Gasteiger partial charge in [-0.25, -0.2) is 13.4 Å². The number of fused-ring (bicyclic) bond motifs is 1. The number of aromatic nitrogens is 2. The van der Waals surface area contributed by atoms with Gasteiger partial charge in [0.05, 0.1) is 18.7 Å². The van der Waals surface area contributed by atoms with Crippen LogP contribution in [-0.2, 0) is 21.1 Å². The number of benzene rings is 1. The zero-order chi connectivity index (χ0) is 21.3. The molecule has 3 heterocycles. The van der Waals surface area contributed by atoms with Crippen LogP contribution in [0, 0.1) is 0 Å². The van der Waals surface area contributed by atoms with Crippen molar-refractivity contribution in [1.82, 2.24) is 14.3 Å². The fourth-order valence-electron chi connectivity index (χ4n) is 3.59. The predicted molar refractivity (Wildman–Crippen MR) is 114 cm³/mol. The standard InChI is InChI=1S/C21H24N4O4S/c1-23(15-16-6-8-17(9-7-16)24-11-13-29-14-12-24)20(26)19-18-5-3-4-10-25(18)21(22-19)30(2,27)28/h3-10H,11-15H2,1-2H3. The first-order chi connectivity index (χ1) is 14.3. The molecular formula is C21H24N4O4S. The smallest absolute Gasteiger partial charge is 0.274 e. The Kier molecular flexibility index (Phi) is 5.48. The highest BCUT2D eigenvalue weighted by atomic mass is 32.2. The predicted octanol–water partition coefficient (Wildman–Crippen LogP) is 1.85. The van der Waals surface area contributed by atoms with E-state index in [-0.39, 0.29) is 16.8 Å². The first-order valence-electron chi connectivity index (χ1n) is 9.69. The normalized spacial score (nSPS) is 14.8. The third-order valence-electron chi connectivity index (χ3n) is 5.13.